The first-order valence-corrected chi connectivity index (χ1v) is 8.01. The lowest BCUT2D eigenvalue weighted by Gasteiger charge is -2.19. The number of thioether (sulfide) groups is 1. The van der Waals surface area contributed by atoms with E-state index in [1.165, 1.54) is 24.8 Å². The van der Waals surface area contributed by atoms with Crippen LogP contribution in [0.1, 0.15) is 24.8 Å². The Morgan fingerprint density at radius 2 is 2.06 bits per heavy atom. The normalized spacial score (nSPS) is 23.2. The fourth-order valence-electron chi connectivity index (χ4n) is 2.64. The van der Waals surface area contributed by atoms with Gasteiger partial charge in [-0.15, -0.1) is 0 Å². The Kier molecular flexibility index (Phi) is 5.39. The van der Waals surface area contributed by atoms with Gasteiger partial charge in [0.25, 0.3) is 0 Å². The highest BCUT2D eigenvalue weighted by Gasteiger charge is 2.25. The minimum absolute atomic E-state index is 0.721. The number of ether oxygens (including phenoxy) is 1. The van der Waals surface area contributed by atoms with E-state index in [0.717, 1.165) is 30.0 Å². The van der Waals surface area contributed by atoms with E-state index >= 15 is 0 Å². The lowest BCUT2D eigenvalue weighted by molar-refractivity contribution is 0.414. The maximum Gasteiger partial charge on any atom is 0.118 e. The smallest absolute Gasteiger partial charge is 0.118 e. The molecule has 1 fully saturated rings. The van der Waals surface area contributed by atoms with Crippen LogP contribution >= 0.6 is 11.8 Å². The lowest BCUT2D eigenvalue weighted by Crippen LogP contribution is -2.35. The molecule has 0 aliphatic heterocycles. The van der Waals surface area contributed by atoms with Crippen molar-refractivity contribution >= 4 is 11.8 Å². The molecule has 2 atom stereocenters. The first-order valence-electron chi connectivity index (χ1n) is 6.72. The molecule has 1 aliphatic carbocycles. The highest BCUT2D eigenvalue weighted by molar-refractivity contribution is 7.99. The highest BCUT2D eigenvalue weighted by atomic mass is 32.2. The number of benzene rings is 1. The zero-order valence-electron chi connectivity index (χ0n) is 11.3. The van der Waals surface area contributed by atoms with Gasteiger partial charge in [0.05, 0.1) is 7.11 Å². The van der Waals surface area contributed by atoms with Gasteiger partial charge >= 0.3 is 0 Å². The molecule has 1 aromatic rings. The Balaban J connectivity index is 1.74. The van der Waals surface area contributed by atoms with Crippen molar-refractivity contribution in [1.29, 1.82) is 0 Å². The summed E-state index contributed by atoms with van der Waals surface area (Å²) >= 11 is 2.01. The van der Waals surface area contributed by atoms with Crippen LogP contribution in [0, 0.1) is 0 Å². The second-order valence-electron chi connectivity index (χ2n) is 4.86. The van der Waals surface area contributed by atoms with Crippen LogP contribution in [0.3, 0.4) is 0 Å². The van der Waals surface area contributed by atoms with Crippen molar-refractivity contribution in [1.82, 2.24) is 5.32 Å². The summed E-state index contributed by atoms with van der Waals surface area (Å²) in [4.78, 5) is 0. The fraction of sp³-hybridized carbons (Fsp3) is 0.600. The molecule has 2 nitrogen and oxygen atoms in total. The molecule has 18 heavy (non-hydrogen) atoms. The third-order valence-electron chi connectivity index (χ3n) is 3.73. The Bertz CT molecular complexity index is 352. The highest BCUT2D eigenvalue weighted by Crippen LogP contribution is 2.28. The predicted molar refractivity (Wildman–Crippen MR) is 79.6 cm³/mol. The van der Waals surface area contributed by atoms with E-state index in [1.807, 2.05) is 23.9 Å². The summed E-state index contributed by atoms with van der Waals surface area (Å²) in [5.41, 5.74) is 1.38. The third-order valence-corrected chi connectivity index (χ3v) is 4.90. The molecule has 1 aromatic carbocycles. The van der Waals surface area contributed by atoms with Crippen LogP contribution in [0.5, 0.6) is 5.75 Å². The minimum Gasteiger partial charge on any atom is -0.497 e. The molecule has 0 aromatic heterocycles. The first kappa shape index (κ1) is 13.8. The van der Waals surface area contributed by atoms with E-state index in [2.05, 4.69) is 23.7 Å². The second kappa shape index (κ2) is 7.05. The van der Waals surface area contributed by atoms with Gasteiger partial charge in [-0.25, -0.2) is 0 Å². The predicted octanol–water partition coefficient (Wildman–Crippen LogP) is 3.11. The summed E-state index contributed by atoms with van der Waals surface area (Å²) in [5.74, 6) is 0.935. The Morgan fingerprint density at radius 3 is 2.72 bits per heavy atom. The standard InChI is InChI=1S/C15H23NOS/c1-17-13-8-6-12(7-9-13)10-11-16-14-4-3-5-15(14)18-2/h6-9,14-16H,3-5,10-11H2,1-2H3. The molecule has 1 N–H and O–H groups in total. The number of hydrogen-bond donors (Lipinski definition) is 1. The molecule has 2 rings (SSSR count). The van der Waals surface area contributed by atoms with Gasteiger partial charge in [0.15, 0.2) is 0 Å². The lowest BCUT2D eigenvalue weighted by atomic mass is 10.1. The van der Waals surface area contributed by atoms with Gasteiger partial charge in [-0.2, -0.15) is 11.8 Å². The van der Waals surface area contributed by atoms with Gasteiger partial charge in [-0.05, 0) is 49.8 Å². The van der Waals surface area contributed by atoms with Crippen molar-refractivity contribution < 1.29 is 4.74 Å². The van der Waals surface area contributed by atoms with E-state index in [-0.39, 0.29) is 0 Å². The quantitative estimate of drug-likeness (QED) is 0.854. The van der Waals surface area contributed by atoms with Crippen molar-refractivity contribution in [3.05, 3.63) is 29.8 Å². The maximum atomic E-state index is 5.17. The SMILES string of the molecule is COc1ccc(CCNC2CCCC2SC)cc1. The average Bonchev–Trinajstić information content (AvgIpc) is 2.87. The monoisotopic (exact) mass is 265 g/mol. The topological polar surface area (TPSA) is 21.3 Å². The zero-order chi connectivity index (χ0) is 12.8. The van der Waals surface area contributed by atoms with E-state index in [9.17, 15) is 0 Å². The Labute approximate surface area is 114 Å². The molecule has 0 amide bonds. The first-order chi connectivity index (χ1) is 8.83. The fourth-order valence-corrected chi connectivity index (χ4v) is 3.60. The molecular weight excluding hydrogens is 242 g/mol. The van der Waals surface area contributed by atoms with Crippen LogP contribution in [-0.2, 0) is 6.42 Å². The van der Waals surface area contributed by atoms with E-state index in [4.69, 9.17) is 4.74 Å². The molecule has 0 radical (unpaired) electrons. The van der Waals surface area contributed by atoms with Gasteiger partial charge in [0, 0.05) is 11.3 Å². The molecule has 2 unspecified atom stereocenters. The van der Waals surface area contributed by atoms with E-state index in [1.54, 1.807) is 7.11 Å². The molecule has 1 aliphatic rings. The van der Waals surface area contributed by atoms with Crippen molar-refractivity contribution in [2.75, 3.05) is 19.9 Å². The molecule has 100 valence electrons. The maximum absolute atomic E-state index is 5.17. The largest absolute Gasteiger partial charge is 0.497 e. The summed E-state index contributed by atoms with van der Waals surface area (Å²) in [5, 5.41) is 4.53. The van der Waals surface area contributed by atoms with Gasteiger partial charge < -0.3 is 10.1 Å². The Hall–Kier alpha value is -0.670. The van der Waals surface area contributed by atoms with Crippen molar-refractivity contribution in [3.8, 4) is 5.75 Å². The number of nitrogens with one attached hydrogen (secondary N) is 1. The van der Waals surface area contributed by atoms with Gasteiger partial charge in [-0.3, -0.25) is 0 Å². The average molecular weight is 265 g/mol. The van der Waals surface area contributed by atoms with Crippen LogP contribution in [0.25, 0.3) is 0 Å². The molecule has 0 heterocycles. The number of methoxy groups -OCH3 is 1. The summed E-state index contributed by atoms with van der Waals surface area (Å²) in [7, 11) is 1.71. The molecular formula is C15H23NOS. The van der Waals surface area contributed by atoms with Crippen LogP contribution in [-0.4, -0.2) is 31.2 Å². The van der Waals surface area contributed by atoms with Crippen molar-refractivity contribution in [3.63, 3.8) is 0 Å². The van der Waals surface area contributed by atoms with Gasteiger partial charge in [0.1, 0.15) is 5.75 Å². The summed E-state index contributed by atoms with van der Waals surface area (Å²) in [6.07, 6.45) is 7.43. The number of hydrogen-bond acceptors (Lipinski definition) is 3. The Morgan fingerprint density at radius 1 is 1.28 bits per heavy atom. The third kappa shape index (κ3) is 3.66. The van der Waals surface area contributed by atoms with Crippen LogP contribution < -0.4 is 10.1 Å². The molecule has 0 bridgehead atoms. The van der Waals surface area contributed by atoms with Crippen molar-refractivity contribution in [2.45, 2.75) is 37.0 Å². The summed E-state index contributed by atoms with van der Waals surface area (Å²) < 4.78 is 5.17. The molecule has 0 spiro atoms. The second-order valence-corrected chi connectivity index (χ2v) is 5.94. The minimum atomic E-state index is 0.721. The molecule has 1 saturated carbocycles. The summed E-state index contributed by atoms with van der Waals surface area (Å²) in [6, 6.07) is 9.10. The zero-order valence-corrected chi connectivity index (χ0v) is 12.1. The number of rotatable bonds is 6. The van der Waals surface area contributed by atoms with Crippen LogP contribution in [0.2, 0.25) is 0 Å². The summed E-state index contributed by atoms with van der Waals surface area (Å²) in [6.45, 7) is 1.08. The van der Waals surface area contributed by atoms with E-state index < -0.39 is 0 Å². The van der Waals surface area contributed by atoms with Gasteiger partial charge in [-0.1, -0.05) is 18.6 Å². The van der Waals surface area contributed by atoms with Crippen molar-refractivity contribution in [2.24, 2.45) is 0 Å². The molecule has 0 saturated heterocycles. The van der Waals surface area contributed by atoms with Gasteiger partial charge in [0.2, 0.25) is 0 Å². The molecule has 3 heteroatoms. The van der Waals surface area contributed by atoms with E-state index in [0.29, 0.717) is 0 Å². The van der Waals surface area contributed by atoms with Crippen LogP contribution in [0.15, 0.2) is 24.3 Å². The van der Waals surface area contributed by atoms with Crippen LogP contribution in [0.4, 0.5) is 0 Å².